The predicted octanol–water partition coefficient (Wildman–Crippen LogP) is 3.27. The van der Waals surface area contributed by atoms with Crippen LogP contribution in [0.4, 0.5) is 15.9 Å². The number of hydrogen-bond acceptors (Lipinski definition) is 5. The summed E-state index contributed by atoms with van der Waals surface area (Å²) < 4.78 is 19.2. The molecular weight excluding hydrogens is 321 g/mol. The SMILES string of the molecule is Nc1cc([N+](=O)[O-])cc(Oc2ccc(Br)cc2F)n1. The van der Waals surface area contributed by atoms with Crippen LogP contribution in [0.15, 0.2) is 34.8 Å². The van der Waals surface area contributed by atoms with Gasteiger partial charge in [0, 0.05) is 4.47 Å². The van der Waals surface area contributed by atoms with Crippen molar-refractivity contribution < 1.29 is 14.1 Å². The van der Waals surface area contributed by atoms with Gasteiger partial charge in [-0.25, -0.2) is 4.39 Å². The van der Waals surface area contributed by atoms with Gasteiger partial charge in [0.25, 0.3) is 5.69 Å². The van der Waals surface area contributed by atoms with Crippen molar-refractivity contribution in [1.29, 1.82) is 0 Å². The van der Waals surface area contributed by atoms with Gasteiger partial charge < -0.3 is 10.5 Å². The highest BCUT2D eigenvalue weighted by Gasteiger charge is 2.13. The number of nitrogens with zero attached hydrogens (tertiary/aromatic N) is 2. The van der Waals surface area contributed by atoms with Gasteiger partial charge >= 0.3 is 0 Å². The summed E-state index contributed by atoms with van der Waals surface area (Å²) in [7, 11) is 0. The Kier molecular flexibility index (Phi) is 3.61. The monoisotopic (exact) mass is 327 g/mol. The molecule has 0 fully saturated rings. The Balaban J connectivity index is 2.35. The molecule has 0 saturated heterocycles. The Morgan fingerprint density at radius 3 is 2.74 bits per heavy atom. The van der Waals surface area contributed by atoms with Crippen LogP contribution in [0.2, 0.25) is 0 Å². The maximum Gasteiger partial charge on any atom is 0.278 e. The number of aromatic nitrogens is 1. The number of pyridine rings is 1. The average Bonchev–Trinajstić information content (AvgIpc) is 2.32. The maximum atomic E-state index is 13.5. The topological polar surface area (TPSA) is 91.3 Å². The Morgan fingerprint density at radius 1 is 1.37 bits per heavy atom. The Bertz CT molecular complexity index is 651. The van der Waals surface area contributed by atoms with E-state index in [-0.39, 0.29) is 23.1 Å². The summed E-state index contributed by atoms with van der Waals surface area (Å²) >= 11 is 3.10. The van der Waals surface area contributed by atoms with Crippen molar-refractivity contribution in [3.8, 4) is 11.6 Å². The van der Waals surface area contributed by atoms with Crippen LogP contribution in [-0.4, -0.2) is 9.91 Å². The minimum absolute atomic E-state index is 0.0817. The molecule has 1 aromatic carbocycles. The molecular formula is C11H7BrFN3O3. The third-order valence-corrected chi connectivity index (χ3v) is 2.62. The van der Waals surface area contributed by atoms with E-state index in [0.29, 0.717) is 4.47 Å². The molecule has 98 valence electrons. The number of nitrogen functional groups attached to an aromatic ring is 1. The van der Waals surface area contributed by atoms with E-state index in [4.69, 9.17) is 10.5 Å². The first-order chi connectivity index (χ1) is 8.95. The van der Waals surface area contributed by atoms with Gasteiger partial charge in [-0.3, -0.25) is 10.1 Å². The predicted molar refractivity (Wildman–Crippen MR) is 69.5 cm³/mol. The van der Waals surface area contributed by atoms with E-state index < -0.39 is 10.7 Å². The molecule has 2 aromatic rings. The zero-order valence-corrected chi connectivity index (χ0v) is 10.9. The van der Waals surface area contributed by atoms with E-state index in [9.17, 15) is 14.5 Å². The summed E-state index contributed by atoms with van der Waals surface area (Å²) in [6.45, 7) is 0. The number of rotatable bonds is 3. The molecule has 0 atom stereocenters. The molecule has 0 saturated carbocycles. The molecule has 8 heteroatoms. The number of halogens is 2. The third kappa shape index (κ3) is 3.16. The molecule has 0 aliphatic heterocycles. The zero-order valence-electron chi connectivity index (χ0n) is 9.34. The summed E-state index contributed by atoms with van der Waals surface area (Å²) in [6.07, 6.45) is 0. The van der Waals surface area contributed by atoms with E-state index in [1.165, 1.54) is 12.1 Å². The molecule has 0 bridgehead atoms. The lowest BCUT2D eigenvalue weighted by Crippen LogP contribution is -1.98. The van der Waals surface area contributed by atoms with Crippen LogP contribution < -0.4 is 10.5 Å². The first-order valence-corrected chi connectivity index (χ1v) is 5.80. The van der Waals surface area contributed by atoms with Crippen LogP contribution >= 0.6 is 15.9 Å². The van der Waals surface area contributed by atoms with Gasteiger partial charge in [0.1, 0.15) is 5.82 Å². The standard InChI is InChI=1S/C11H7BrFN3O3/c12-6-1-2-9(8(13)3-6)19-11-5-7(16(17)18)4-10(14)15-11/h1-5H,(H2,14,15). The van der Waals surface area contributed by atoms with Gasteiger partial charge in [-0.1, -0.05) is 15.9 Å². The van der Waals surface area contributed by atoms with Crippen molar-refractivity contribution >= 4 is 27.4 Å². The molecule has 19 heavy (non-hydrogen) atoms. The van der Waals surface area contributed by atoms with E-state index in [0.717, 1.165) is 12.1 Å². The van der Waals surface area contributed by atoms with E-state index in [2.05, 4.69) is 20.9 Å². The first-order valence-electron chi connectivity index (χ1n) is 5.00. The Morgan fingerprint density at radius 2 is 2.11 bits per heavy atom. The summed E-state index contributed by atoms with van der Waals surface area (Å²) in [5, 5.41) is 10.7. The zero-order chi connectivity index (χ0) is 14.0. The van der Waals surface area contributed by atoms with Gasteiger partial charge in [-0.05, 0) is 18.2 Å². The van der Waals surface area contributed by atoms with Gasteiger partial charge in [0.15, 0.2) is 11.6 Å². The van der Waals surface area contributed by atoms with Gasteiger partial charge in [0.2, 0.25) is 5.88 Å². The van der Waals surface area contributed by atoms with Crippen molar-refractivity contribution in [1.82, 2.24) is 4.98 Å². The van der Waals surface area contributed by atoms with Crippen molar-refractivity contribution in [2.45, 2.75) is 0 Å². The van der Waals surface area contributed by atoms with Gasteiger partial charge in [-0.2, -0.15) is 4.98 Å². The van der Waals surface area contributed by atoms with E-state index >= 15 is 0 Å². The Hall–Kier alpha value is -2.22. The summed E-state index contributed by atoms with van der Waals surface area (Å²) in [5.41, 5.74) is 5.14. The molecule has 2 rings (SSSR count). The molecule has 0 unspecified atom stereocenters. The van der Waals surface area contributed by atoms with E-state index in [1.54, 1.807) is 6.07 Å². The molecule has 0 aliphatic carbocycles. The largest absolute Gasteiger partial charge is 0.436 e. The van der Waals surface area contributed by atoms with Gasteiger partial charge in [-0.15, -0.1) is 0 Å². The number of benzene rings is 1. The van der Waals surface area contributed by atoms with Crippen LogP contribution in [0.1, 0.15) is 0 Å². The van der Waals surface area contributed by atoms with Crippen molar-refractivity contribution in [2.75, 3.05) is 5.73 Å². The molecule has 1 aromatic heterocycles. The number of nitrogens with two attached hydrogens (primary N) is 1. The second-order valence-electron chi connectivity index (χ2n) is 3.52. The fourth-order valence-electron chi connectivity index (χ4n) is 1.34. The fraction of sp³-hybridized carbons (Fsp3) is 0. The minimum Gasteiger partial charge on any atom is -0.436 e. The fourth-order valence-corrected chi connectivity index (χ4v) is 1.67. The normalized spacial score (nSPS) is 10.2. The molecule has 0 aliphatic rings. The van der Waals surface area contributed by atoms with Crippen LogP contribution in [0.25, 0.3) is 0 Å². The lowest BCUT2D eigenvalue weighted by atomic mass is 10.3. The molecule has 1 heterocycles. The quantitative estimate of drug-likeness (QED) is 0.690. The number of nitro groups is 1. The number of hydrogen-bond donors (Lipinski definition) is 1. The molecule has 0 radical (unpaired) electrons. The number of ether oxygens (including phenoxy) is 1. The van der Waals surface area contributed by atoms with Crippen LogP contribution in [-0.2, 0) is 0 Å². The molecule has 6 nitrogen and oxygen atoms in total. The summed E-state index contributed by atoms with van der Waals surface area (Å²) in [5.74, 6) is -0.952. The minimum atomic E-state index is -0.636. The highest BCUT2D eigenvalue weighted by Crippen LogP contribution is 2.28. The lowest BCUT2D eigenvalue weighted by Gasteiger charge is -2.06. The maximum absolute atomic E-state index is 13.5. The Labute approximate surface area is 115 Å². The lowest BCUT2D eigenvalue weighted by molar-refractivity contribution is -0.384. The van der Waals surface area contributed by atoms with Gasteiger partial charge in [0.05, 0.1) is 17.1 Å². The molecule has 2 N–H and O–H groups in total. The second kappa shape index (κ2) is 5.19. The highest BCUT2D eigenvalue weighted by molar-refractivity contribution is 9.10. The van der Waals surface area contributed by atoms with Crippen molar-refractivity contribution in [3.05, 3.63) is 50.7 Å². The first kappa shape index (κ1) is 13.2. The van der Waals surface area contributed by atoms with E-state index in [1.807, 2.05) is 0 Å². The van der Waals surface area contributed by atoms with Crippen molar-refractivity contribution in [3.63, 3.8) is 0 Å². The summed E-state index contributed by atoms with van der Waals surface area (Å²) in [6, 6.07) is 6.30. The smallest absolute Gasteiger partial charge is 0.278 e. The average molecular weight is 328 g/mol. The van der Waals surface area contributed by atoms with Crippen molar-refractivity contribution in [2.24, 2.45) is 0 Å². The third-order valence-electron chi connectivity index (χ3n) is 2.13. The number of anilines is 1. The summed E-state index contributed by atoms with van der Waals surface area (Å²) in [4.78, 5) is 13.8. The second-order valence-corrected chi connectivity index (χ2v) is 4.44. The van der Waals surface area contributed by atoms with Crippen LogP contribution in [0.3, 0.4) is 0 Å². The highest BCUT2D eigenvalue weighted by atomic mass is 79.9. The molecule has 0 spiro atoms. The van der Waals surface area contributed by atoms with Crippen LogP contribution in [0, 0.1) is 15.9 Å². The molecule has 0 amide bonds. The van der Waals surface area contributed by atoms with Crippen LogP contribution in [0.5, 0.6) is 11.6 Å².